The molecule has 3 rings (SSSR count). The van der Waals surface area contributed by atoms with Gasteiger partial charge in [-0.2, -0.15) is 5.10 Å². The summed E-state index contributed by atoms with van der Waals surface area (Å²) >= 11 is 0. The van der Waals surface area contributed by atoms with Gasteiger partial charge in [0.25, 0.3) is 0 Å². The van der Waals surface area contributed by atoms with E-state index < -0.39 is 0 Å². The number of nitrogens with one attached hydrogen (secondary N) is 2. The number of urea groups is 1. The summed E-state index contributed by atoms with van der Waals surface area (Å²) in [6, 6.07) is 10.3. The standard InChI is InChI=1S/C20H28N4O/c1-14-8-7-9-17(12-14)22-20(25)21-13-19-15(2)23-24(16(19)3)18-10-5-4-6-11-18/h4-6,10-11,14,17H,7-9,12-13H2,1-3H3,(H2,21,22,25). The Balaban J connectivity index is 1.61. The Kier molecular flexibility index (Phi) is 5.41. The Labute approximate surface area is 149 Å². The molecule has 0 aliphatic heterocycles. The van der Waals surface area contributed by atoms with Gasteiger partial charge in [-0.25, -0.2) is 9.48 Å². The molecular weight excluding hydrogens is 312 g/mol. The second kappa shape index (κ2) is 7.72. The minimum absolute atomic E-state index is 0.0784. The molecule has 134 valence electrons. The third-order valence-electron chi connectivity index (χ3n) is 5.14. The molecule has 25 heavy (non-hydrogen) atoms. The summed E-state index contributed by atoms with van der Waals surface area (Å²) in [5.74, 6) is 0.702. The van der Waals surface area contributed by atoms with E-state index in [1.54, 1.807) is 0 Å². The molecule has 2 atom stereocenters. The smallest absolute Gasteiger partial charge is 0.315 e. The molecule has 5 nitrogen and oxygen atoms in total. The molecule has 1 aliphatic carbocycles. The SMILES string of the molecule is Cc1nn(-c2ccccc2)c(C)c1CNC(=O)NC1CCCC(C)C1. The maximum Gasteiger partial charge on any atom is 0.315 e. The Morgan fingerprint density at radius 1 is 1.24 bits per heavy atom. The van der Waals surface area contributed by atoms with E-state index in [1.807, 2.05) is 48.9 Å². The highest BCUT2D eigenvalue weighted by atomic mass is 16.2. The molecule has 1 saturated carbocycles. The second-order valence-electron chi connectivity index (χ2n) is 7.19. The minimum atomic E-state index is -0.0784. The maximum atomic E-state index is 12.2. The van der Waals surface area contributed by atoms with Crippen molar-refractivity contribution in [3.8, 4) is 5.69 Å². The van der Waals surface area contributed by atoms with Crippen LogP contribution in [0.25, 0.3) is 5.69 Å². The predicted molar refractivity (Wildman–Crippen MR) is 99.8 cm³/mol. The number of aryl methyl sites for hydroxylation is 1. The third-order valence-corrected chi connectivity index (χ3v) is 5.14. The summed E-state index contributed by atoms with van der Waals surface area (Å²) in [6.45, 7) is 6.80. The third kappa shape index (κ3) is 4.21. The first kappa shape index (κ1) is 17.5. The van der Waals surface area contributed by atoms with Crippen LogP contribution in [0, 0.1) is 19.8 Å². The summed E-state index contributed by atoms with van der Waals surface area (Å²) < 4.78 is 1.94. The first-order valence-electron chi connectivity index (χ1n) is 9.19. The van der Waals surface area contributed by atoms with Gasteiger partial charge in [0.15, 0.2) is 0 Å². The molecule has 0 spiro atoms. The molecule has 5 heteroatoms. The number of hydrogen-bond donors (Lipinski definition) is 2. The number of amides is 2. The van der Waals surface area contributed by atoms with Gasteiger partial charge < -0.3 is 10.6 Å². The fourth-order valence-electron chi connectivity index (χ4n) is 3.72. The maximum absolute atomic E-state index is 12.2. The average molecular weight is 340 g/mol. The minimum Gasteiger partial charge on any atom is -0.335 e. The van der Waals surface area contributed by atoms with Crippen LogP contribution in [0.1, 0.15) is 49.6 Å². The fourth-order valence-corrected chi connectivity index (χ4v) is 3.72. The van der Waals surface area contributed by atoms with Crippen LogP contribution in [0.5, 0.6) is 0 Å². The van der Waals surface area contributed by atoms with E-state index in [4.69, 9.17) is 0 Å². The number of para-hydroxylation sites is 1. The summed E-state index contributed by atoms with van der Waals surface area (Å²) in [6.07, 6.45) is 4.64. The molecule has 0 radical (unpaired) electrons. The van der Waals surface area contributed by atoms with Crippen LogP contribution >= 0.6 is 0 Å². The number of hydrogen-bond acceptors (Lipinski definition) is 2. The molecule has 1 aliphatic rings. The molecule has 2 aromatic rings. The summed E-state index contributed by atoms with van der Waals surface area (Å²) in [5, 5.41) is 10.8. The van der Waals surface area contributed by atoms with Crippen molar-refractivity contribution in [2.75, 3.05) is 0 Å². The van der Waals surface area contributed by atoms with Crippen molar-refractivity contribution in [3.63, 3.8) is 0 Å². The highest BCUT2D eigenvalue weighted by Gasteiger charge is 2.20. The van der Waals surface area contributed by atoms with Crippen LogP contribution in [-0.2, 0) is 6.54 Å². The van der Waals surface area contributed by atoms with E-state index >= 15 is 0 Å². The molecule has 1 heterocycles. The highest BCUT2D eigenvalue weighted by Crippen LogP contribution is 2.23. The number of carbonyl (C=O) groups excluding carboxylic acids is 1. The van der Waals surface area contributed by atoms with Crippen molar-refractivity contribution < 1.29 is 4.79 Å². The van der Waals surface area contributed by atoms with E-state index in [2.05, 4.69) is 22.7 Å². The van der Waals surface area contributed by atoms with Crippen LogP contribution in [0.2, 0.25) is 0 Å². The lowest BCUT2D eigenvalue weighted by molar-refractivity contribution is 0.227. The zero-order valence-corrected chi connectivity index (χ0v) is 15.4. The number of benzene rings is 1. The van der Waals surface area contributed by atoms with Crippen molar-refractivity contribution >= 4 is 6.03 Å². The van der Waals surface area contributed by atoms with Gasteiger partial charge in [-0.3, -0.25) is 0 Å². The van der Waals surface area contributed by atoms with Crippen molar-refractivity contribution in [2.45, 2.75) is 59.0 Å². The van der Waals surface area contributed by atoms with E-state index in [-0.39, 0.29) is 6.03 Å². The number of nitrogens with zero attached hydrogens (tertiary/aromatic N) is 2. The van der Waals surface area contributed by atoms with Crippen LogP contribution in [0.15, 0.2) is 30.3 Å². The van der Waals surface area contributed by atoms with Crippen LogP contribution < -0.4 is 10.6 Å². The van der Waals surface area contributed by atoms with Crippen LogP contribution in [-0.4, -0.2) is 21.9 Å². The number of rotatable bonds is 4. The summed E-state index contributed by atoms with van der Waals surface area (Å²) in [5.41, 5.74) is 4.13. The zero-order valence-electron chi connectivity index (χ0n) is 15.4. The topological polar surface area (TPSA) is 59.0 Å². The number of aromatic nitrogens is 2. The van der Waals surface area contributed by atoms with Gasteiger partial charge in [-0.1, -0.05) is 38.0 Å². The lowest BCUT2D eigenvalue weighted by atomic mass is 9.87. The zero-order chi connectivity index (χ0) is 17.8. The van der Waals surface area contributed by atoms with Gasteiger partial charge in [-0.05, 0) is 44.7 Å². The number of carbonyl (C=O) groups is 1. The monoisotopic (exact) mass is 340 g/mol. The van der Waals surface area contributed by atoms with E-state index in [0.29, 0.717) is 18.5 Å². The van der Waals surface area contributed by atoms with Crippen LogP contribution in [0.4, 0.5) is 4.79 Å². The summed E-state index contributed by atoms with van der Waals surface area (Å²) in [4.78, 5) is 12.2. The molecule has 2 unspecified atom stereocenters. The van der Waals surface area contributed by atoms with E-state index in [1.165, 1.54) is 12.8 Å². The molecule has 0 bridgehead atoms. The molecule has 1 aromatic carbocycles. The lowest BCUT2D eigenvalue weighted by Gasteiger charge is -2.27. The Morgan fingerprint density at radius 3 is 2.72 bits per heavy atom. The predicted octanol–water partition coefficient (Wildman–Crippen LogP) is 3.87. The molecule has 2 amide bonds. The second-order valence-corrected chi connectivity index (χ2v) is 7.19. The van der Waals surface area contributed by atoms with Gasteiger partial charge in [0.1, 0.15) is 0 Å². The Bertz CT molecular complexity index is 723. The molecule has 0 saturated heterocycles. The van der Waals surface area contributed by atoms with Crippen molar-refractivity contribution in [1.82, 2.24) is 20.4 Å². The van der Waals surface area contributed by atoms with Crippen molar-refractivity contribution in [1.29, 1.82) is 0 Å². The van der Waals surface area contributed by atoms with Crippen molar-refractivity contribution in [3.05, 3.63) is 47.3 Å². The van der Waals surface area contributed by atoms with Gasteiger partial charge in [0.2, 0.25) is 0 Å². The van der Waals surface area contributed by atoms with Gasteiger partial charge in [0, 0.05) is 23.8 Å². The first-order valence-corrected chi connectivity index (χ1v) is 9.19. The van der Waals surface area contributed by atoms with E-state index in [9.17, 15) is 4.79 Å². The van der Waals surface area contributed by atoms with Gasteiger partial charge in [-0.15, -0.1) is 0 Å². The molecule has 1 aromatic heterocycles. The quantitative estimate of drug-likeness (QED) is 0.888. The first-order chi connectivity index (χ1) is 12.0. The van der Waals surface area contributed by atoms with Crippen molar-refractivity contribution in [2.24, 2.45) is 5.92 Å². The molecule has 2 N–H and O–H groups in total. The highest BCUT2D eigenvalue weighted by molar-refractivity contribution is 5.74. The van der Waals surface area contributed by atoms with E-state index in [0.717, 1.165) is 35.5 Å². The normalized spacial score (nSPS) is 20.3. The molecule has 1 fully saturated rings. The van der Waals surface area contributed by atoms with Gasteiger partial charge >= 0.3 is 6.03 Å². The lowest BCUT2D eigenvalue weighted by Crippen LogP contribution is -2.43. The summed E-state index contributed by atoms with van der Waals surface area (Å²) in [7, 11) is 0. The largest absolute Gasteiger partial charge is 0.335 e. The Hall–Kier alpha value is -2.30. The average Bonchev–Trinajstić information content (AvgIpc) is 2.88. The fraction of sp³-hybridized carbons (Fsp3) is 0.500. The van der Waals surface area contributed by atoms with Gasteiger partial charge in [0.05, 0.1) is 11.4 Å². The Morgan fingerprint density at radius 2 is 2.00 bits per heavy atom. The molecular formula is C20H28N4O. The van der Waals surface area contributed by atoms with Crippen LogP contribution in [0.3, 0.4) is 0 Å².